The number of furan rings is 2. The van der Waals surface area contributed by atoms with Crippen molar-refractivity contribution in [2.75, 3.05) is 5.75 Å². The molecule has 0 unspecified atom stereocenters. The minimum absolute atomic E-state index is 0.0312. The first-order valence-corrected chi connectivity index (χ1v) is 11.4. The van der Waals surface area contributed by atoms with Gasteiger partial charge < -0.3 is 13.7 Å². The van der Waals surface area contributed by atoms with E-state index in [-0.39, 0.29) is 11.7 Å². The van der Waals surface area contributed by atoms with Crippen LogP contribution in [0.15, 0.2) is 69.1 Å². The molecule has 7 nitrogen and oxygen atoms in total. The molecule has 1 aliphatic rings. The lowest BCUT2D eigenvalue weighted by Crippen LogP contribution is -2.32. The molecule has 0 atom stereocenters. The fraction of sp³-hybridized carbons (Fsp3) is 0.348. The number of aromatic nitrogens is 3. The van der Waals surface area contributed by atoms with Crippen LogP contribution in [0.2, 0.25) is 0 Å². The maximum absolute atomic E-state index is 13.2. The first kappa shape index (κ1) is 21.2. The van der Waals surface area contributed by atoms with Gasteiger partial charge in [0.15, 0.2) is 11.0 Å². The van der Waals surface area contributed by atoms with Crippen molar-refractivity contribution in [1.29, 1.82) is 0 Å². The van der Waals surface area contributed by atoms with Crippen molar-refractivity contribution in [3.05, 3.63) is 66.7 Å². The second-order valence-electron chi connectivity index (χ2n) is 7.39. The summed E-state index contributed by atoms with van der Waals surface area (Å²) in [5.41, 5.74) is 1.97. The van der Waals surface area contributed by atoms with E-state index in [9.17, 15) is 4.79 Å². The van der Waals surface area contributed by atoms with Gasteiger partial charge in [-0.1, -0.05) is 23.9 Å². The number of nitrogens with zero attached hydrogens (tertiary/aromatic N) is 4. The molecule has 1 aliphatic carbocycles. The van der Waals surface area contributed by atoms with Gasteiger partial charge in [-0.15, -0.1) is 16.8 Å². The third kappa shape index (κ3) is 4.85. The lowest BCUT2D eigenvalue weighted by atomic mass is 10.0. The normalized spacial score (nSPS) is 13.8. The Morgan fingerprint density at radius 1 is 1.29 bits per heavy atom. The molecule has 8 heteroatoms. The number of thioether (sulfide) groups is 1. The summed E-state index contributed by atoms with van der Waals surface area (Å²) in [4.78, 5) is 15.1. The van der Waals surface area contributed by atoms with Crippen molar-refractivity contribution in [3.63, 3.8) is 0 Å². The summed E-state index contributed by atoms with van der Waals surface area (Å²) in [7, 11) is 0. The van der Waals surface area contributed by atoms with Crippen molar-refractivity contribution in [3.8, 4) is 11.4 Å². The minimum atomic E-state index is 0.0312. The molecule has 162 valence electrons. The zero-order valence-corrected chi connectivity index (χ0v) is 18.4. The van der Waals surface area contributed by atoms with Crippen molar-refractivity contribution in [1.82, 2.24) is 19.7 Å². The van der Waals surface area contributed by atoms with Crippen LogP contribution in [0, 0.1) is 6.92 Å². The number of aryl methyl sites for hydroxylation is 1. The van der Waals surface area contributed by atoms with E-state index in [4.69, 9.17) is 8.83 Å². The summed E-state index contributed by atoms with van der Waals surface area (Å²) in [6, 6.07) is 5.62. The monoisotopic (exact) mass is 438 g/mol. The number of allylic oxidation sites excluding steroid dienone is 3. The maximum Gasteiger partial charge on any atom is 0.237 e. The predicted octanol–water partition coefficient (Wildman–Crippen LogP) is 5.20. The van der Waals surface area contributed by atoms with Crippen molar-refractivity contribution in [2.45, 2.75) is 50.9 Å². The van der Waals surface area contributed by atoms with Gasteiger partial charge in [0.1, 0.15) is 11.5 Å². The molecule has 3 aromatic rings. The van der Waals surface area contributed by atoms with Crippen LogP contribution in [0.25, 0.3) is 11.4 Å². The summed E-state index contributed by atoms with van der Waals surface area (Å²) in [5, 5.41) is 9.36. The molecule has 0 saturated carbocycles. The molecule has 0 radical (unpaired) electrons. The SMILES string of the molecule is C=CCn1c(SCC(=O)N(Cc2ccco2)C2=CCCCC2)nnc1-c1ccoc1C. The van der Waals surface area contributed by atoms with E-state index in [1.54, 1.807) is 18.6 Å². The van der Waals surface area contributed by atoms with Gasteiger partial charge in [-0.25, -0.2) is 0 Å². The number of carbonyl (C=O) groups excluding carboxylic acids is 1. The van der Waals surface area contributed by atoms with Gasteiger partial charge in [0.25, 0.3) is 0 Å². The summed E-state index contributed by atoms with van der Waals surface area (Å²) in [5.74, 6) is 2.56. The number of amides is 1. The molecule has 0 spiro atoms. The summed E-state index contributed by atoms with van der Waals surface area (Å²) in [6.07, 6.45) is 11.4. The van der Waals surface area contributed by atoms with E-state index in [0.29, 0.717) is 24.1 Å². The predicted molar refractivity (Wildman–Crippen MR) is 119 cm³/mol. The lowest BCUT2D eigenvalue weighted by molar-refractivity contribution is -0.127. The van der Waals surface area contributed by atoms with Gasteiger partial charge in [-0.3, -0.25) is 9.36 Å². The zero-order valence-electron chi connectivity index (χ0n) is 17.6. The highest BCUT2D eigenvalue weighted by Gasteiger charge is 2.23. The molecular formula is C23H26N4O3S. The standard InChI is InChI=1S/C23H26N4O3S/c1-3-12-26-22(20-11-14-29-17(20)2)24-25-23(26)31-16-21(28)27(15-19-10-7-13-30-19)18-8-5-4-6-9-18/h3,7-8,10-11,13-14H,1,4-6,9,12,15-16H2,2H3. The molecule has 3 aromatic heterocycles. The Bertz CT molecular complexity index is 1060. The smallest absolute Gasteiger partial charge is 0.237 e. The molecule has 0 saturated heterocycles. The van der Waals surface area contributed by atoms with Crippen LogP contribution in [-0.4, -0.2) is 31.3 Å². The fourth-order valence-corrected chi connectivity index (χ4v) is 4.51. The second kappa shape index (κ2) is 9.87. The third-order valence-corrected chi connectivity index (χ3v) is 6.21. The first-order valence-electron chi connectivity index (χ1n) is 10.4. The number of hydrogen-bond donors (Lipinski definition) is 0. The highest BCUT2D eigenvalue weighted by Crippen LogP contribution is 2.29. The van der Waals surface area contributed by atoms with Crippen LogP contribution in [0.5, 0.6) is 0 Å². The van der Waals surface area contributed by atoms with Crippen molar-refractivity contribution >= 4 is 17.7 Å². The van der Waals surface area contributed by atoms with E-state index in [1.165, 1.54) is 18.2 Å². The Kier molecular flexibility index (Phi) is 6.76. The number of rotatable bonds is 9. The highest BCUT2D eigenvalue weighted by molar-refractivity contribution is 7.99. The minimum Gasteiger partial charge on any atom is -0.469 e. The molecule has 0 bridgehead atoms. The quantitative estimate of drug-likeness (QED) is 0.337. The molecule has 4 rings (SSSR count). The van der Waals surface area contributed by atoms with Crippen LogP contribution in [0.1, 0.15) is 37.2 Å². The Morgan fingerprint density at radius 2 is 2.19 bits per heavy atom. The molecule has 0 N–H and O–H groups in total. The van der Waals surface area contributed by atoms with Crippen LogP contribution in [0.4, 0.5) is 0 Å². The van der Waals surface area contributed by atoms with Crippen molar-refractivity contribution in [2.24, 2.45) is 0 Å². The summed E-state index contributed by atoms with van der Waals surface area (Å²) >= 11 is 1.39. The average molecular weight is 439 g/mol. The van der Waals surface area contributed by atoms with Crippen molar-refractivity contribution < 1.29 is 13.6 Å². The van der Waals surface area contributed by atoms with Crippen LogP contribution >= 0.6 is 11.8 Å². The largest absolute Gasteiger partial charge is 0.469 e. The Morgan fingerprint density at radius 3 is 2.87 bits per heavy atom. The Hall–Kier alpha value is -3.00. The van der Waals surface area contributed by atoms with Gasteiger partial charge in [0.05, 0.1) is 30.4 Å². The van der Waals surface area contributed by atoms with Crippen LogP contribution < -0.4 is 0 Å². The molecule has 3 heterocycles. The van der Waals surface area contributed by atoms with E-state index < -0.39 is 0 Å². The molecule has 0 fully saturated rings. The van der Waals surface area contributed by atoms with E-state index >= 15 is 0 Å². The summed E-state index contributed by atoms with van der Waals surface area (Å²) in [6.45, 7) is 6.73. The molecule has 0 aliphatic heterocycles. The van der Waals surface area contributed by atoms with Gasteiger partial charge in [0.2, 0.25) is 5.91 Å². The van der Waals surface area contributed by atoms with Gasteiger partial charge in [-0.2, -0.15) is 0 Å². The Labute approximate surface area is 185 Å². The fourth-order valence-electron chi connectivity index (χ4n) is 3.68. The average Bonchev–Trinajstić information content (AvgIpc) is 3.53. The molecular weight excluding hydrogens is 412 g/mol. The topological polar surface area (TPSA) is 77.3 Å². The first-order chi connectivity index (χ1) is 15.2. The van der Waals surface area contributed by atoms with Gasteiger partial charge in [-0.05, 0) is 50.8 Å². The number of carbonyl (C=O) groups is 1. The highest BCUT2D eigenvalue weighted by atomic mass is 32.2. The van der Waals surface area contributed by atoms with Crippen LogP contribution in [0.3, 0.4) is 0 Å². The second-order valence-corrected chi connectivity index (χ2v) is 8.33. The maximum atomic E-state index is 13.2. The van der Waals surface area contributed by atoms with Gasteiger partial charge in [0, 0.05) is 12.2 Å². The third-order valence-electron chi connectivity index (χ3n) is 5.26. The van der Waals surface area contributed by atoms with Crippen LogP contribution in [-0.2, 0) is 17.9 Å². The van der Waals surface area contributed by atoms with E-state index in [1.807, 2.05) is 34.6 Å². The summed E-state index contributed by atoms with van der Waals surface area (Å²) < 4.78 is 12.9. The molecule has 31 heavy (non-hydrogen) atoms. The lowest BCUT2D eigenvalue weighted by Gasteiger charge is -2.27. The van der Waals surface area contributed by atoms with E-state index in [2.05, 4.69) is 22.9 Å². The van der Waals surface area contributed by atoms with E-state index in [0.717, 1.165) is 42.0 Å². The number of hydrogen-bond acceptors (Lipinski definition) is 6. The van der Waals surface area contributed by atoms with Gasteiger partial charge >= 0.3 is 0 Å². The molecule has 0 aromatic carbocycles. The molecule has 1 amide bonds. The Balaban J connectivity index is 1.52. The zero-order chi connectivity index (χ0) is 21.6.